The minimum Gasteiger partial charge on any atom is -0.378 e. The van der Waals surface area contributed by atoms with Gasteiger partial charge < -0.3 is 4.90 Å². The van der Waals surface area contributed by atoms with Gasteiger partial charge in [0.25, 0.3) is 0 Å². The molecule has 0 aliphatic heterocycles. The summed E-state index contributed by atoms with van der Waals surface area (Å²) in [6, 6.07) is 10.3. The highest BCUT2D eigenvalue weighted by Crippen LogP contribution is 2.28. The Morgan fingerprint density at radius 2 is 1.92 bits per heavy atom. The van der Waals surface area contributed by atoms with Crippen molar-refractivity contribution in [3.8, 4) is 22.1 Å². The predicted octanol–water partition coefficient (Wildman–Crippen LogP) is 3.51. The molecule has 4 aromatic rings. The van der Waals surface area contributed by atoms with Crippen molar-refractivity contribution >= 4 is 22.0 Å². The van der Waals surface area contributed by atoms with Crippen LogP contribution in [0.15, 0.2) is 30.3 Å². The quantitative estimate of drug-likeness (QED) is 0.584. The third kappa shape index (κ3) is 3.08. The molecule has 0 aliphatic rings. The maximum absolute atomic E-state index is 4.69. The van der Waals surface area contributed by atoms with Crippen LogP contribution in [0, 0.1) is 5.92 Å². The second kappa shape index (κ2) is 6.53. The van der Waals surface area contributed by atoms with Crippen LogP contribution in [0.3, 0.4) is 0 Å². The average molecular weight is 367 g/mol. The van der Waals surface area contributed by atoms with Crippen molar-refractivity contribution < 1.29 is 0 Å². The Morgan fingerprint density at radius 3 is 2.62 bits per heavy atom. The molecule has 8 heteroatoms. The Balaban J connectivity index is 1.67. The number of nitrogens with zero attached hydrogens (tertiary/aromatic N) is 6. The number of fused-ring (bicyclic) bond motifs is 1. The van der Waals surface area contributed by atoms with Crippen molar-refractivity contribution in [2.75, 3.05) is 19.0 Å². The fourth-order valence-corrected chi connectivity index (χ4v) is 3.62. The van der Waals surface area contributed by atoms with E-state index in [9.17, 15) is 0 Å². The summed E-state index contributed by atoms with van der Waals surface area (Å²) in [5.41, 5.74) is 4.11. The van der Waals surface area contributed by atoms with Gasteiger partial charge in [0.2, 0.25) is 4.96 Å². The number of anilines is 1. The van der Waals surface area contributed by atoms with Gasteiger partial charge in [-0.1, -0.05) is 25.2 Å². The molecule has 1 N–H and O–H groups in total. The Kier molecular flexibility index (Phi) is 4.20. The lowest BCUT2D eigenvalue weighted by Crippen LogP contribution is -2.08. The molecule has 0 saturated carbocycles. The number of hydrogen-bond acceptors (Lipinski definition) is 6. The van der Waals surface area contributed by atoms with Gasteiger partial charge in [0.05, 0.1) is 0 Å². The van der Waals surface area contributed by atoms with Crippen molar-refractivity contribution in [2.24, 2.45) is 5.92 Å². The summed E-state index contributed by atoms with van der Waals surface area (Å²) in [5, 5.41) is 21.6. The van der Waals surface area contributed by atoms with Crippen molar-refractivity contribution in [2.45, 2.75) is 20.3 Å². The first-order valence-corrected chi connectivity index (χ1v) is 9.37. The molecule has 3 aromatic heterocycles. The molecule has 0 amide bonds. The zero-order valence-corrected chi connectivity index (χ0v) is 16.1. The van der Waals surface area contributed by atoms with E-state index in [0.29, 0.717) is 5.92 Å². The largest absolute Gasteiger partial charge is 0.378 e. The molecule has 0 aliphatic carbocycles. The number of aromatic nitrogens is 6. The molecular weight excluding hydrogens is 346 g/mol. The van der Waals surface area contributed by atoms with E-state index in [1.54, 1.807) is 4.52 Å². The Hall–Kier alpha value is -2.74. The van der Waals surface area contributed by atoms with Crippen LogP contribution in [-0.2, 0) is 6.42 Å². The number of rotatable bonds is 5. The summed E-state index contributed by atoms with van der Waals surface area (Å²) < 4.78 is 1.79. The van der Waals surface area contributed by atoms with Crippen molar-refractivity contribution in [3.63, 3.8) is 0 Å². The number of benzene rings is 1. The third-order valence-corrected chi connectivity index (χ3v) is 5.03. The number of nitrogens with one attached hydrogen (secondary N) is 1. The lowest BCUT2D eigenvalue weighted by atomic mass is 10.1. The summed E-state index contributed by atoms with van der Waals surface area (Å²) in [4.78, 5) is 2.83. The first kappa shape index (κ1) is 16.7. The molecular formula is C18H21N7S. The van der Waals surface area contributed by atoms with E-state index in [-0.39, 0.29) is 0 Å². The van der Waals surface area contributed by atoms with E-state index in [0.717, 1.165) is 44.9 Å². The van der Waals surface area contributed by atoms with Crippen LogP contribution in [0.5, 0.6) is 0 Å². The van der Waals surface area contributed by atoms with Crippen molar-refractivity contribution in [1.29, 1.82) is 0 Å². The molecule has 1 aromatic carbocycles. The molecule has 4 rings (SSSR count). The number of aromatic amines is 1. The molecule has 0 bridgehead atoms. The lowest BCUT2D eigenvalue weighted by molar-refractivity contribution is 0.633. The molecule has 134 valence electrons. The lowest BCUT2D eigenvalue weighted by Gasteiger charge is -2.11. The van der Waals surface area contributed by atoms with Gasteiger partial charge in [0.15, 0.2) is 10.8 Å². The van der Waals surface area contributed by atoms with Gasteiger partial charge in [-0.15, -0.1) is 10.2 Å². The molecule has 0 unspecified atom stereocenters. The molecule has 0 radical (unpaired) electrons. The first-order valence-electron chi connectivity index (χ1n) is 8.56. The van der Waals surface area contributed by atoms with Crippen LogP contribution in [0.1, 0.15) is 19.5 Å². The summed E-state index contributed by atoms with van der Waals surface area (Å²) in [6.45, 7) is 4.38. The fourth-order valence-electron chi connectivity index (χ4n) is 2.82. The van der Waals surface area contributed by atoms with Crippen LogP contribution in [0.2, 0.25) is 0 Å². The monoisotopic (exact) mass is 367 g/mol. The predicted molar refractivity (Wildman–Crippen MR) is 105 cm³/mol. The highest BCUT2D eigenvalue weighted by molar-refractivity contribution is 7.19. The SMILES string of the molecule is CC(C)Cc1cc(-c2nn3c(-c4ccc(N(C)C)cc4)nnc3s2)n[nH]1. The van der Waals surface area contributed by atoms with Gasteiger partial charge in [0, 0.05) is 31.0 Å². The minimum atomic E-state index is 0.581. The average Bonchev–Trinajstić information content (AvgIpc) is 3.29. The van der Waals surface area contributed by atoms with E-state index < -0.39 is 0 Å². The molecule has 0 fully saturated rings. The number of hydrogen-bond donors (Lipinski definition) is 1. The van der Waals surface area contributed by atoms with Crippen molar-refractivity contribution in [1.82, 2.24) is 30.0 Å². The van der Waals surface area contributed by atoms with Crippen LogP contribution in [0.25, 0.3) is 27.1 Å². The van der Waals surface area contributed by atoms with Crippen LogP contribution < -0.4 is 4.90 Å². The first-order chi connectivity index (χ1) is 12.5. The fraction of sp³-hybridized carbons (Fsp3) is 0.333. The number of H-pyrrole nitrogens is 1. The van der Waals surface area contributed by atoms with Gasteiger partial charge in [-0.2, -0.15) is 14.7 Å². The van der Waals surface area contributed by atoms with Gasteiger partial charge in [0.1, 0.15) is 5.69 Å². The summed E-state index contributed by atoms with van der Waals surface area (Å²) in [5.74, 6) is 1.32. The molecule has 26 heavy (non-hydrogen) atoms. The van der Waals surface area contributed by atoms with Gasteiger partial charge in [-0.25, -0.2) is 0 Å². The van der Waals surface area contributed by atoms with Crippen molar-refractivity contribution in [3.05, 3.63) is 36.0 Å². The molecule has 7 nitrogen and oxygen atoms in total. The summed E-state index contributed by atoms with van der Waals surface area (Å²) in [7, 11) is 4.04. The zero-order valence-electron chi connectivity index (χ0n) is 15.3. The van der Waals surface area contributed by atoms with E-state index in [4.69, 9.17) is 0 Å². The molecule has 3 heterocycles. The highest BCUT2D eigenvalue weighted by atomic mass is 32.1. The van der Waals surface area contributed by atoms with Gasteiger partial charge >= 0.3 is 0 Å². The second-order valence-corrected chi connectivity index (χ2v) is 7.90. The second-order valence-electron chi connectivity index (χ2n) is 6.94. The minimum absolute atomic E-state index is 0.581. The van der Waals surface area contributed by atoms with Crippen LogP contribution >= 0.6 is 11.3 Å². The van der Waals surface area contributed by atoms with E-state index >= 15 is 0 Å². The van der Waals surface area contributed by atoms with Gasteiger partial charge in [-0.3, -0.25) is 5.10 Å². The molecule has 0 atom stereocenters. The topological polar surface area (TPSA) is 75.0 Å². The zero-order chi connectivity index (χ0) is 18.3. The van der Waals surface area contributed by atoms with E-state index in [2.05, 4.69) is 62.4 Å². The van der Waals surface area contributed by atoms with Crippen LogP contribution in [-0.4, -0.2) is 44.1 Å². The maximum atomic E-state index is 4.69. The third-order valence-electron chi connectivity index (χ3n) is 4.11. The standard InChI is InChI=1S/C18H21N7S/c1-11(2)9-13-10-15(20-19-13)17-23-25-16(21-22-18(25)26-17)12-5-7-14(8-6-12)24(3)4/h5-8,10-11H,9H2,1-4H3,(H,19,20). The highest BCUT2D eigenvalue weighted by Gasteiger charge is 2.16. The summed E-state index contributed by atoms with van der Waals surface area (Å²) >= 11 is 1.49. The Labute approximate surface area is 155 Å². The smallest absolute Gasteiger partial charge is 0.235 e. The normalized spacial score (nSPS) is 11.6. The van der Waals surface area contributed by atoms with E-state index in [1.807, 2.05) is 26.2 Å². The Morgan fingerprint density at radius 1 is 1.15 bits per heavy atom. The Bertz CT molecular complexity index is 1020. The molecule has 0 spiro atoms. The van der Waals surface area contributed by atoms with Gasteiger partial charge in [-0.05, 0) is 42.7 Å². The maximum Gasteiger partial charge on any atom is 0.235 e. The summed E-state index contributed by atoms with van der Waals surface area (Å²) in [6.07, 6.45) is 0.973. The van der Waals surface area contributed by atoms with Crippen LogP contribution in [0.4, 0.5) is 5.69 Å². The molecule has 0 saturated heterocycles. The van der Waals surface area contributed by atoms with E-state index in [1.165, 1.54) is 11.3 Å².